The van der Waals surface area contributed by atoms with Crippen molar-refractivity contribution in [3.8, 4) is 11.4 Å². The molecule has 37 heavy (non-hydrogen) atoms. The minimum Gasteiger partial charge on any atom is -0.349 e. The molecule has 9 heteroatoms. The second-order valence-electron chi connectivity index (χ2n) is 11.0. The SMILES string of the molecule is CC(NC(=O)C1CCCN(Cc2nc(-c3ccc(C(C)(C)C)cc3)no2)C1)c1ccc(S(C)(=O)=O)cc1. The van der Waals surface area contributed by atoms with Crippen LogP contribution in [0.5, 0.6) is 0 Å². The molecule has 1 aliphatic heterocycles. The van der Waals surface area contributed by atoms with Gasteiger partial charge in [0.2, 0.25) is 17.6 Å². The molecule has 0 bridgehead atoms. The van der Waals surface area contributed by atoms with E-state index < -0.39 is 9.84 Å². The molecule has 198 valence electrons. The first-order valence-corrected chi connectivity index (χ1v) is 14.6. The van der Waals surface area contributed by atoms with Gasteiger partial charge in [-0.05, 0) is 55.0 Å². The predicted molar refractivity (Wildman–Crippen MR) is 143 cm³/mol. The Morgan fingerprint density at radius 1 is 1.14 bits per heavy atom. The fraction of sp³-hybridized carbons (Fsp3) is 0.464. The molecular weight excluding hydrogens is 488 g/mol. The Bertz CT molecular complexity index is 1330. The van der Waals surface area contributed by atoms with Crippen molar-refractivity contribution in [3.63, 3.8) is 0 Å². The van der Waals surface area contributed by atoms with Crippen molar-refractivity contribution < 1.29 is 17.7 Å². The van der Waals surface area contributed by atoms with Gasteiger partial charge < -0.3 is 9.84 Å². The molecule has 1 amide bonds. The Balaban J connectivity index is 1.33. The average molecular weight is 525 g/mol. The van der Waals surface area contributed by atoms with Crippen molar-refractivity contribution in [2.45, 2.75) is 63.4 Å². The van der Waals surface area contributed by atoms with Gasteiger partial charge in [-0.1, -0.05) is 62.3 Å². The maximum absolute atomic E-state index is 13.0. The summed E-state index contributed by atoms with van der Waals surface area (Å²) in [4.78, 5) is 20.0. The number of sulfone groups is 1. The molecule has 0 spiro atoms. The Hall–Kier alpha value is -3.04. The number of hydrogen-bond acceptors (Lipinski definition) is 7. The number of rotatable bonds is 7. The van der Waals surface area contributed by atoms with E-state index in [0.29, 0.717) is 24.8 Å². The van der Waals surface area contributed by atoms with E-state index in [4.69, 9.17) is 4.52 Å². The summed E-state index contributed by atoms with van der Waals surface area (Å²) in [5.74, 6) is 0.959. The number of nitrogens with zero attached hydrogens (tertiary/aromatic N) is 3. The van der Waals surface area contributed by atoms with E-state index in [1.165, 1.54) is 11.8 Å². The molecule has 2 aromatic carbocycles. The number of amides is 1. The Morgan fingerprint density at radius 2 is 1.81 bits per heavy atom. The summed E-state index contributed by atoms with van der Waals surface area (Å²) >= 11 is 0. The van der Waals surface area contributed by atoms with Crippen LogP contribution >= 0.6 is 0 Å². The van der Waals surface area contributed by atoms with Crippen LogP contribution < -0.4 is 5.32 Å². The lowest BCUT2D eigenvalue weighted by atomic mass is 9.87. The van der Waals surface area contributed by atoms with E-state index in [9.17, 15) is 13.2 Å². The molecule has 1 aliphatic rings. The lowest BCUT2D eigenvalue weighted by Gasteiger charge is -2.31. The highest BCUT2D eigenvalue weighted by Crippen LogP contribution is 2.26. The maximum Gasteiger partial charge on any atom is 0.241 e. The first-order chi connectivity index (χ1) is 17.4. The molecular formula is C28H36N4O4S. The fourth-order valence-electron chi connectivity index (χ4n) is 4.58. The standard InChI is InChI=1S/C28H36N4O4S/c1-19(20-10-14-24(15-11-20)37(5,34)35)29-27(33)22-7-6-16-32(17-22)18-25-30-26(31-36-25)21-8-12-23(13-9-21)28(2,3)4/h8-15,19,22H,6-7,16-18H2,1-5H3,(H,29,33). The third-order valence-corrected chi connectivity index (χ3v) is 8.01. The van der Waals surface area contributed by atoms with Crippen LogP contribution in [-0.4, -0.2) is 48.7 Å². The van der Waals surface area contributed by atoms with Crippen molar-refractivity contribution in [1.82, 2.24) is 20.4 Å². The molecule has 3 aromatic rings. The van der Waals surface area contributed by atoms with E-state index in [0.717, 1.165) is 30.5 Å². The quantitative estimate of drug-likeness (QED) is 0.484. The van der Waals surface area contributed by atoms with Crippen molar-refractivity contribution in [1.29, 1.82) is 0 Å². The van der Waals surface area contributed by atoms with E-state index in [1.807, 2.05) is 19.1 Å². The van der Waals surface area contributed by atoms with Crippen molar-refractivity contribution in [2.24, 2.45) is 5.92 Å². The Kier molecular flexibility index (Phi) is 7.85. The van der Waals surface area contributed by atoms with Gasteiger partial charge in [-0.3, -0.25) is 9.69 Å². The number of carbonyl (C=O) groups excluding carboxylic acids is 1. The second kappa shape index (κ2) is 10.8. The Labute approximate surface area is 219 Å². The van der Waals surface area contributed by atoms with Gasteiger partial charge in [0, 0.05) is 18.4 Å². The van der Waals surface area contributed by atoms with Gasteiger partial charge in [0.1, 0.15) is 0 Å². The highest BCUT2D eigenvalue weighted by Gasteiger charge is 2.28. The number of aromatic nitrogens is 2. The molecule has 1 saturated heterocycles. The zero-order valence-corrected chi connectivity index (χ0v) is 23.0. The van der Waals surface area contributed by atoms with Gasteiger partial charge >= 0.3 is 0 Å². The molecule has 2 unspecified atom stereocenters. The summed E-state index contributed by atoms with van der Waals surface area (Å²) in [5, 5.41) is 7.25. The van der Waals surface area contributed by atoms with Gasteiger partial charge in [0.25, 0.3) is 0 Å². The van der Waals surface area contributed by atoms with Crippen LogP contribution in [0.2, 0.25) is 0 Å². The normalized spacial score (nSPS) is 17.9. The molecule has 8 nitrogen and oxygen atoms in total. The zero-order chi connectivity index (χ0) is 26.8. The number of benzene rings is 2. The number of likely N-dealkylation sites (tertiary alicyclic amines) is 1. The minimum atomic E-state index is -3.25. The van der Waals surface area contributed by atoms with Crippen LogP contribution in [0.25, 0.3) is 11.4 Å². The third-order valence-electron chi connectivity index (χ3n) is 6.88. The second-order valence-corrected chi connectivity index (χ2v) is 13.0. The van der Waals surface area contributed by atoms with Gasteiger partial charge in [0.05, 0.1) is 23.4 Å². The van der Waals surface area contributed by atoms with Crippen molar-refractivity contribution in [2.75, 3.05) is 19.3 Å². The van der Waals surface area contributed by atoms with Gasteiger partial charge in [-0.2, -0.15) is 4.98 Å². The highest BCUT2D eigenvalue weighted by molar-refractivity contribution is 7.90. The van der Waals surface area contributed by atoms with Gasteiger partial charge in [0.15, 0.2) is 9.84 Å². The van der Waals surface area contributed by atoms with Crippen molar-refractivity contribution >= 4 is 15.7 Å². The summed E-state index contributed by atoms with van der Waals surface area (Å²) in [6.07, 6.45) is 2.91. The molecule has 1 fully saturated rings. The van der Waals surface area contributed by atoms with Crippen LogP contribution in [0.4, 0.5) is 0 Å². The first-order valence-electron chi connectivity index (χ1n) is 12.7. The number of carbonyl (C=O) groups is 1. The number of piperidine rings is 1. The van der Waals surface area contributed by atoms with E-state index in [2.05, 4.69) is 53.3 Å². The molecule has 4 rings (SSSR count). The largest absolute Gasteiger partial charge is 0.349 e. The summed E-state index contributed by atoms with van der Waals surface area (Å²) in [6, 6.07) is 14.7. The van der Waals surface area contributed by atoms with E-state index in [1.54, 1.807) is 24.3 Å². The van der Waals surface area contributed by atoms with E-state index in [-0.39, 0.29) is 28.2 Å². The van der Waals surface area contributed by atoms with Crippen LogP contribution in [-0.2, 0) is 26.6 Å². The topological polar surface area (TPSA) is 105 Å². The number of nitrogens with one attached hydrogen (secondary N) is 1. The molecule has 1 aromatic heterocycles. The van der Waals surface area contributed by atoms with Crippen LogP contribution in [0.15, 0.2) is 57.9 Å². The minimum absolute atomic E-state index is 0.00505. The third kappa shape index (κ3) is 6.84. The molecule has 0 saturated carbocycles. The lowest BCUT2D eigenvalue weighted by molar-refractivity contribution is -0.127. The van der Waals surface area contributed by atoms with E-state index >= 15 is 0 Å². The van der Waals surface area contributed by atoms with Crippen LogP contribution in [0, 0.1) is 5.92 Å². The summed E-state index contributed by atoms with van der Waals surface area (Å²) in [7, 11) is -3.25. The van der Waals surface area contributed by atoms with Gasteiger partial charge in [-0.25, -0.2) is 8.42 Å². The first kappa shape index (κ1) is 27.0. The van der Waals surface area contributed by atoms with Crippen LogP contribution in [0.1, 0.15) is 63.6 Å². The zero-order valence-electron chi connectivity index (χ0n) is 22.2. The van der Waals surface area contributed by atoms with Crippen LogP contribution in [0.3, 0.4) is 0 Å². The highest BCUT2D eigenvalue weighted by atomic mass is 32.2. The molecule has 2 heterocycles. The summed E-state index contributed by atoms with van der Waals surface area (Å²) < 4.78 is 28.9. The fourth-order valence-corrected chi connectivity index (χ4v) is 5.21. The van der Waals surface area contributed by atoms with Gasteiger partial charge in [-0.15, -0.1) is 0 Å². The molecule has 0 radical (unpaired) electrons. The smallest absolute Gasteiger partial charge is 0.241 e. The number of hydrogen-bond donors (Lipinski definition) is 1. The summed E-state index contributed by atoms with van der Waals surface area (Å²) in [5.41, 5.74) is 3.11. The molecule has 0 aliphatic carbocycles. The average Bonchev–Trinajstić information content (AvgIpc) is 3.31. The molecule has 1 N–H and O–H groups in total. The predicted octanol–water partition coefficient (Wildman–Crippen LogP) is 4.53. The maximum atomic E-state index is 13.0. The monoisotopic (exact) mass is 524 g/mol. The molecule has 2 atom stereocenters. The van der Waals surface area contributed by atoms with Crippen molar-refractivity contribution in [3.05, 3.63) is 65.5 Å². The Morgan fingerprint density at radius 3 is 2.43 bits per heavy atom. The summed E-state index contributed by atoms with van der Waals surface area (Å²) in [6.45, 7) is 10.4. The lowest BCUT2D eigenvalue weighted by Crippen LogP contribution is -2.43.